The van der Waals surface area contributed by atoms with Crippen LogP contribution in [0.2, 0.25) is 0 Å². The Morgan fingerprint density at radius 2 is 1.79 bits per heavy atom. The summed E-state index contributed by atoms with van der Waals surface area (Å²) in [6.07, 6.45) is 0.113. The van der Waals surface area contributed by atoms with E-state index in [1.54, 1.807) is 0 Å². The molecule has 2 fully saturated rings. The van der Waals surface area contributed by atoms with E-state index in [0.717, 1.165) is 11.0 Å². The molecule has 0 bridgehead atoms. The molecule has 8 nitrogen and oxygen atoms in total. The first-order valence-electron chi connectivity index (χ1n) is 8.91. The number of hydrogen-bond donors (Lipinski definition) is 2. The molecular weight excluding hydrogens is 391 g/mol. The van der Waals surface area contributed by atoms with Crippen LogP contribution in [0.1, 0.15) is 40.5 Å². The first kappa shape index (κ1) is 20.2. The number of halogens is 2. The maximum Gasteiger partial charge on any atom is 0.262 e. The molecule has 0 spiro atoms. The molecule has 3 aliphatic rings. The second-order valence-corrected chi connectivity index (χ2v) is 7.04. The summed E-state index contributed by atoms with van der Waals surface area (Å²) in [4.78, 5) is 51.7. The van der Waals surface area contributed by atoms with Crippen LogP contribution in [0.4, 0.5) is 10.1 Å². The number of anilines is 1. The highest BCUT2D eigenvalue weighted by Gasteiger charge is 2.45. The van der Waals surface area contributed by atoms with Gasteiger partial charge in [0.25, 0.3) is 11.8 Å². The largest absolute Gasteiger partial charge is 0.364 e. The Morgan fingerprint density at radius 1 is 1.11 bits per heavy atom. The summed E-state index contributed by atoms with van der Waals surface area (Å²) in [5, 5.41) is 5.36. The lowest BCUT2D eigenvalue weighted by atomic mass is 10.0. The van der Waals surface area contributed by atoms with E-state index in [4.69, 9.17) is 0 Å². The molecule has 28 heavy (non-hydrogen) atoms. The minimum absolute atomic E-state index is 0. The first-order valence-corrected chi connectivity index (χ1v) is 8.91. The molecular formula is C18H20ClFN4O4. The van der Waals surface area contributed by atoms with Crippen LogP contribution in [0.5, 0.6) is 0 Å². The van der Waals surface area contributed by atoms with Crippen molar-refractivity contribution in [2.45, 2.75) is 31.8 Å². The van der Waals surface area contributed by atoms with Gasteiger partial charge in [0.15, 0.2) is 0 Å². The van der Waals surface area contributed by atoms with Gasteiger partial charge in [0.05, 0.1) is 16.8 Å². The lowest BCUT2D eigenvalue weighted by Gasteiger charge is -2.36. The molecule has 3 heterocycles. The maximum absolute atomic E-state index is 14.7. The molecule has 1 aromatic rings. The van der Waals surface area contributed by atoms with E-state index in [0.29, 0.717) is 19.6 Å². The zero-order chi connectivity index (χ0) is 19.3. The van der Waals surface area contributed by atoms with Crippen molar-refractivity contribution in [3.8, 4) is 0 Å². The number of carbonyl (C=O) groups excluding carboxylic acids is 4. The molecule has 1 aromatic carbocycles. The number of imide groups is 2. The molecule has 4 amide bonds. The summed E-state index contributed by atoms with van der Waals surface area (Å²) in [5.41, 5.74) is 0.314. The molecule has 0 radical (unpaired) electrons. The average molecular weight is 411 g/mol. The quantitative estimate of drug-likeness (QED) is 0.687. The van der Waals surface area contributed by atoms with Crippen molar-refractivity contribution in [2.24, 2.45) is 0 Å². The number of benzene rings is 1. The van der Waals surface area contributed by atoms with Crippen LogP contribution < -0.4 is 15.5 Å². The van der Waals surface area contributed by atoms with Gasteiger partial charge in [-0.3, -0.25) is 29.4 Å². The molecule has 0 aliphatic carbocycles. The predicted octanol–water partition coefficient (Wildman–Crippen LogP) is 0.447. The van der Waals surface area contributed by atoms with E-state index >= 15 is 0 Å². The Balaban J connectivity index is 0.00000225. The number of nitrogens with zero attached hydrogens (tertiary/aromatic N) is 2. The van der Waals surface area contributed by atoms with Crippen molar-refractivity contribution in [3.05, 3.63) is 29.1 Å². The molecule has 2 N–H and O–H groups in total. The molecule has 4 rings (SSSR count). The topological polar surface area (TPSA) is 98.8 Å². The molecule has 10 heteroatoms. The highest BCUT2D eigenvalue weighted by atomic mass is 35.5. The van der Waals surface area contributed by atoms with Crippen LogP contribution in [0, 0.1) is 5.82 Å². The lowest BCUT2D eigenvalue weighted by molar-refractivity contribution is -0.136. The first-order chi connectivity index (χ1) is 12.9. The second kappa shape index (κ2) is 7.48. The standard InChI is InChI=1S/C18H19FN4O4.ClH/c1-9-8-20-4-5-22(9)14-7-11-10(6-12(14)19)17(26)23(18(11)27)13-2-3-15(24)21-16(13)25;/h6-7,9,13,20H,2-5,8H2,1H3,(H,21,24,25);1H/t9-,13?;/m0./s1. The number of amides is 4. The third kappa shape index (κ3) is 3.14. The van der Waals surface area contributed by atoms with E-state index < -0.39 is 35.5 Å². The van der Waals surface area contributed by atoms with E-state index in [9.17, 15) is 23.6 Å². The van der Waals surface area contributed by atoms with Gasteiger partial charge in [-0.15, -0.1) is 12.4 Å². The Bertz CT molecular complexity index is 877. The van der Waals surface area contributed by atoms with Crippen molar-refractivity contribution in [3.63, 3.8) is 0 Å². The van der Waals surface area contributed by atoms with Crippen LogP contribution in [0.25, 0.3) is 0 Å². The van der Waals surface area contributed by atoms with Gasteiger partial charge in [0, 0.05) is 32.1 Å². The summed E-state index contributed by atoms with van der Waals surface area (Å²) in [7, 11) is 0. The van der Waals surface area contributed by atoms with Crippen molar-refractivity contribution < 1.29 is 23.6 Å². The molecule has 2 atom stereocenters. The number of piperidine rings is 1. The van der Waals surface area contributed by atoms with Crippen LogP contribution in [-0.2, 0) is 9.59 Å². The van der Waals surface area contributed by atoms with E-state index in [1.807, 2.05) is 11.8 Å². The molecule has 2 saturated heterocycles. The molecule has 150 valence electrons. The second-order valence-electron chi connectivity index (χ2n) is 7.04. The zero-order valence-corrected chi connectivity index (χ0v) is 16.0. The van der Waals surface area contributed by atoms with Gasteiger partial charge < -0.3 is 10.2 Å². The van der Waals surface area contributed by atoms with Crippen LogP contribution in [-0.4, -0.2) is 60.2 Å². The number of hydrogen-bond acceptors (Lipinski definition) is 6. The molecule has 3 aliphatic heterocycles. The van der Waals surface area contributed by atoms with Gasteiger partial charge in [-0.1, -0.05) is 0 Å². The van der Waals surface area contributed by atoms with Crippen LogP contribution in [0.15, 0.2) is 12.1 Å². The monoisotopic (exact) mass is 410 g/mol. The predicted molar refractivity (Wildman–Crippen MR) is 100.0 cm³/mol. The third-order valence-corrected chi connectivity index (χ3v) is 5.32. The Hall–Kier alpha value is -2.52. The Labute approximate surface area is 166 Å². The summed E-state index contributed by atoms with van der Waals surface area (Å²) < 4.78 is 14.7. The molecule has 0 aromatic heterocycles. The summed E-state index contributed by atoms with van der Waals surface area (Å²) >= 11 is 0. The van der Waals surface area contributed by atoms with Gasteiger partial charge >= 0.3 is 0 Å². The SMILES string of the molecule is C[C@H]1CNCCN1c1cc2c(cc1F)C(=O)N(C1CCC(=O)NC1=O)C2=O.Cl. The minimum Gasteiger partial charge on any atom is -0.364 e. The van der Waals surface area contributed by atoms with Crippen molar-refractivity contribution in [2.75, 3.05) is 24.5 Å². The highest BCUT2D eigenvalue weighted by Crippen LogP contribution is 2.33. The highest BCUT2D eigenvalue weighted by molar-refractivity contribution is 6.23. The lowest BCUT2D eigenvalue weighted by Crippen LogP contribution is -2.54. The zero-order valence-electron chi connectivity index (χ0n) is 15.2. The maximum atomic E-state index is 14.7. The molecule has 1 unspecified atom stereocenters. The normalized spacial score (nSPS) is 24.8. The fourth-order valence-corrected chi connectivity index (χ4v) is 3.90. The number of piperazine rings is 1. The average Bonchev–Trinajstić information content (AvgIpc) is 2.86. The van der Waals surface area contributed by atoms with E-state index in [-0.39, 0.29) is 48.1 Å². The van der Waals surface area contributed by atoms with E-state index in [1.165, 1.54) is 6.07 Å². The van der Waals surface area contributed by atoms with Gasteiger partial charge in [-0.2, -0.15) is 0 Å². The van der Waals surface area contributed by atoms with Crippen LogP contribution >= 0.6 is 12.4 Å². The fraction of sp³-hybridized carbons (Fsp3) is 0.444. The van der Waals surface area contributed by atoms with Crippen molar-refractivity contribution >= 4 is 41.7 Å². The number of rotatable bonds is 2. The fourth-order valence-electron chi connectivity index (χ4n) is 3.90. The Kier molecular flexibility index (Phi) is 5.40. The van der Waals surface area contributed by atoms with Crippen LogP contribution in [0.3, 0.4) is 0 Å². The number of carbonyl (C=O) groups is 4. The summed E-state index contributed by atoms with van der Waals surface area (Å²) in [5.74, 6) is -3.03. The smallest absolute Gasteiger partial charge is 0.262 e. The van der Waals surface area contributed by atoms with Gasteiger partial charge in [-0.25, -0.2) is 4.39 Å². The van der Waals surface area contributed by atoms with Gasteiger partial charge in [0.1, 0.15) is 11.9 Å². The summed E-state index contributed by atoms with van der Waals surface area (Å²) in [6.45, 7) is 3.90. The number of nitrogens with one attached hydrogen (secondary N) is 2. The van der Waals surface area contributed by atoms with E-state index in [2.05, 4.69) is 10.6 Å². The molecule has 0 saturated carbocycles. The Morgan fingerprint density at radius 3 is 2.43 bits per heavy atom. The summed E-state index contributed by atoms with van der Waals surface area (Å²) in [6, 6.07) is 1.45. The number of fused-ring (bicyclic) bond motifs is 1. The van der Waals surface area contributed by atoms with Crippen molar-refractivity contribution in [1.29, 1.82) is 0 Å². The minimum atomic E-state index is -1.06. The van der Waals surface area contributed by atoms with Crippen molar-refractivity contribution in [1.82, 2.24) is 15.5 Å². The van der Waals surface area contributed by atoms with Gasteiger partial charge in [-0.05, 0) is 25.5 Å². The third-order valence-electron chi connectivity index (χ3n) is 5.32. The van der Waals surface area contributed by atoms with Gasteiger partial charge in [0.2, 0.25) is 11.8 Å².